The van der Waals surface area contributed by atoms with Crippen molar-refractivity contribution in [1.82, 2.24) is 5.32 Å². The first-order valence-corrected chi connectivity index (χ1v) is 9.98. The van der Waals surface area contributed by atoms with Crippen LogP contribution in [0, 0.1) is 6.92 Å². The molecular formula is C18H21ClN2O3S. The summed E-state index contributed by atoms with van der Waals surface area (Å²) < 4.78 is 25.2. The van der Waals surface area contributed by atoms with Gasteiger partial charge in [0, 0.05) is 5.02 Å². The largest absolute Gasteiger partial charge is 0.348 e. The van der Waals surface area contributed by atoms with Crippen LogP contribution < -0.4 is 9.62 Å². The fourth-order valence-electron chi connectivity index (χ4n) is 2.36. The van der Waals surface area contributed by atoms with E-state index in [1.807, 2.05) is 38.1 Å². The summed E-state index contributed by atoms with van der Waals surface area (Å²) in [7, 11) is -3.60. The smallest absolute Gasteiger partial charge is 0.241 e. The van der Waals surface area contributed by atoms with Gasteiger partial charge in [-0.3, -0.25) is 9.10 Å². The van der Waals surface area contributed by atoms with E-state index in [4.69, 9.17) is 11.6 Å². The number of benzene rings is 2. The van der Waals surface area contributed by atoms with E-state index in [1.54, 1.807) is 24.3 Å². The second-order valence-corrected chi connectivity index (χ2v) is 8.29. The van der Waals surface area contributed by atoms with Gasteiger partial charge in [0.1, 0.15) is 6.54 Å². The van der Waals surface area contributed by atoms with Crippen LogP contribution in [-0.4, -0.2) is 27.1 Å². The second-order valence-electron chi connectivity index (χ2n) is 5.95. The molecule has 1 N–H and O–H groups in total. The maximum atomic E-state index is 12.3. The highest BCUT2D eigenvalue weighted by molar-refractivity contribution is 7.92. The van der Waals surface area contributed by atoms with Crippen molar-refractivity contribution in [3.63, 3.8) is 0 Å². The minimum atomic E-state index is -3.60. The van der Waals surface area contributed by atoms with Gasteiger partial charge in [-0.15, -0.1) is 0 Å². The lowest BCUT2D eigenvalue weighted by Gasteiger charge is -2.23. The average Bonchev–Trinajstić information content (AvgIpc) is 2.53. The van der Waals surface area contributed by atoms with E-state index in [0.29, 0.717) is 10.7 Å². The molecule has 134 valence electrons. The molecule has 0 aliphatic rings. The van der Waals surface area contributed by atoms with E-state index in [0.717, 1.165) is 21.7 Å². The third-order valence-corrected chi connectivity index (χ3v) is 5.15. The Balaban J connectivity index is 2.12. The molecule has 0 radical (unpaired) electrons. The van der Waals surface area contributed by atoms with Gasteiger partial charge in [0.25, 0.3) is 0 Å². The Morgan fingerprint density at radius 1 is 1.12 bits per heavy atom. The Kier molecular flexibility index (Phi) is 6.08. The lowest BCUT2D eigenvalue weighted by Crippen LogP contribution is -2.41. The molecule has 0 bridgehead atoms. The zero-order valence-electron chi connectivity index (χ0n) is 14.4. The Labute approximate surface area is 153 Å². The summed E-state index contributed by atoms with van der Waals surface area (Å²) in [6.07, 6.45) is 1.07. The molecule has 0 fully saturated rings. The van der Waals surface area contributed by atoms with E-state index >= 15 is 0 Å². The monoisotopic (exact) mass is 380 g/mol. The number of carbonyl (C=O) groups is 1. The molecule has 0 heterocycles. The maximum Gasteiger partial charge on any atom is 0.241 e. The van der Waals surface area contributed by atoms with Gasteiger partial charge in [-0.2, -0.15) is 0 Å². The van der Waals surface area contributed by atoms with Crippen molar-refractivity contribution < 1.29 is 13.2 Å². The normalized spacial score (nSPS) is 12.5. The number of anilines is 1. The zero-order valence-corrected chi connectivity index (χ0v) is 15.9. The topological polar surface area (TPSA) is 66.5 Å². The lowest BCUT2D eigenvalue weighted by molar-refractivity contribution is -0.120. The van der Waals surface area contributed by atoms with Gasteiger partial charge in [0.05, 0.1) is 18.0 Å². The fourth-order valence-corrected chi connectivity index (χ4v) is 3.35. The van der Waals surface area contributed by atoms with Gasteiger partial charge in [0.15, 0.2) is 0 Å². The standard InChI is InChI=1S/C18H21ClN2O3S/c1-13-4-6-15(7-5-13)14(2)20-18(22)12-21(25(3,23)24)17-10-8-16(19)9-11-17/h4-11,14H,12H2,1-3H3,(H,20,22)/t14-/m1/s1. The quantitative estimate of drug-likeness (QED) is 0.836. The summed E-state index contributed by atoms with van der Waals surface area (Å²) in [6.45, 7) is 3.55. The predicted octanol–water partition coefficient (Wildman–Crippen LogP) is 3.29. The molecule has 1 atom stereocenters. The van der Waals surface area contributed by atoms with Crippen molar-refractivity contribution in [1.29, 1.82) is 0 Å². The van der Waals surface area contributed by atoms with Crippen molar-refractivity contribution in [2.75, 3.05) is 17.1 Å². The third-order valence-electron chi connectivity index (χ3n) is 3.76. The van der Waals surface area contributed by atoms with Gasteiger partial charge >= 0.3 is 0 Å². The van der Waals surface area contributed by atoms with Crippen LogP contribution in [0.1, 0.15) is 24.1 Å². The molecule has 0 aromatic heterocycles. The van der Waals surface area contributed by atoms with Gasteiger partial charge in [0.2, 0.25) is 15.9 Å². The second kappa shape index (κ2) is 7.89. The van der Waals surface area contributed by atoms with Gasteiger partial charge in [-0.1, -0.05) is 41.4 Å². The van der Waals surface area contributed by atoms with E-state index in [2.05, 4.69) is 5.32 Å². The molecule has 2 aromatic rings. The highest BCUT2D eigenvalue weighted by Gasteiger charge is 2.21. The maximum absolute atomic E-state index is 12.3. The van der Waals surface area contributed by atoms with E-state index < -0.39 is 10.0 Å². The third kappa shape index (κ3) is 5.47. The molecule has 2 rings (SSSR count). The molecule has 7 heteroatoms. The Bertz CT molecular complexity index is 834. The SMILES string of the molecule is Cc1ccc([C@@H](C)NC(=O)CN(c2ccc(Cl)cc2)S(C)(=O)=O)cc1. The number of halogens is 1. The van der Waals surface area contributed by atoms with Crippen LogP contribution in [0.3, 0.4) is 0 Å². The number of hydrogen-bond acceptors (Lipinski definition) is 3. The van der Waals surface area contributed by atoms with Crippen LogP contribution in [-0.2, 0) is 14.8 Å². The van der Waals surface area contributed by atoms with Crippen molar-refractivity contribution in [3.05, 3.63) is 64.7 Å². The van der Waals surface area contributed by atoms with Crippen molar-refractivity contribution in [2.45, 2.75) is 19.9 Å². The van der Waals surface area contributed by atoms with Crippen LogP contribution in [0.25, 0.3) is 0 Å². The number of aryl methyl sites for hydroxylation is 1. The van der Waals surface area contributed by atoms with E-state index in [9.17, 15) is 13.2 Å². The summed E-state index contributed by atoms with van der Waals surface area (Å²) in [4.78, 5) is 12.3. The zero-order chi connectivity index (χ0) is 18.6. The van der Waals surface area contributed by atoms with Gasteiger partial charge < -0.3 is 5.32 Å². The highest BCUT2D eigenvalue weighted by Crippen LogP contribution is 2.20. The number of hydrogen-bond donors (Lipinski definition) is 1. The number of nitrogens with one attached hydrogen (secondary N) is 1. The summed E-state index contributed by atoms with van der Waals surface area (Å²) in [6, 6.07) is 13.9. The van der Waals surface area contributed by atoms with Crippen LogP contribution in [0.5, 0.6) is 0 Å². The van der Waals surface area contributed by atoms with E-state index in [-0.39, 0.29) is 18.5 Å². The fraction of sp³-hybridized carbons (Fsp3) is 0.278. The first-order valence-electron chi connectivity index (χ1n) is 7.76. The highest BCUT2D eigenvalue weighted by atomic mass is 35.5. The number of amides is 1. The molecule has 25 heavy (non-hydrogen) atoms. The molecule has 0 aliphatic carbocycles. The minimum absolute atomic E-state index is 0.222. The molecule has 0 spiro atoms. The number of rotatable bonds is 6. The van der Waals surface area contributed by atoms with Crippen molar-refractivity contribution in [2.24, 2.45) is 0 Å². The first-order chi connectivity index (χ1) is 11.7. The van der Waals surface area contributed by atoms with Crippen LogP contribution in [0.4, 0.5) is 5.69 Å². The molecule has 0 saturated heterocycles. The molecule has 2 aromatic carbocycles. The molecule has 1 amide bonds. The van der Waals surface area contributed by atoms with Gasteiger partial charge in [-0.05, 0) is 43.7 Å². The summed E-state index contributed by atoms with van der Waals surface area (Å²) >= 11 is 5.84. The molecule has 0 saturated carbocycles. The molecule has 5 nitrogen and oxygen atoms in total. The van der Waals surface area contributed by atoms with E-state index in [1.165, 1.54) is 0 Å². The summed E-state index contributed by atoms with van der Waals surface area (Å²) in [5.41, 5.74) is 2.48. The Hall–Kier alpha value is -2.05. The first kappa shape index (κ1) is 19.3. The van der Waals surface area contributed by atoms with Crippen molar-refractivity contribution in [3.8, 4) is 0 Å². The Morgan fingerprint density at radius 2 is 1.68 bits per heavy atom. The van der Waals surface area contributed by atoms with Gasteiger partial charge in [-0.25, -0.2) is 8.42 Å². The lowest BCUT2D eigenvalue weighted by atomic mass is 10.1. The van der Waals surface area contributed by atoms with Crippen molar-refractivity contribution >= 4 is 33.2 Å². The number of carbonyl (C=O) groups excluding carboxylic acids is 1. The summed E-state index contributed by atoms with van der Waals surface area (Å²) in [5, 5.41) is 3.32. The number of nitrogens with zero attached hydrogens (tertiary/aromatic N) is 1. The molecule has 0 unspecified atom stereocenters. The Morgan fingerprint density at radius 3 is 2.20 bits per heavy atom. The number of sulfonamides is 1. The van der Waals surface area contributed by atoms with Crippen LogP contribution in [0.15, 0.2) is 48.5 Å². The predicted molar refractivity (Wildman–Crippen MR) is 101 cm³/mol. The van der Waals surface area contributed by atoms with Crippen LogP contribution in [0.2, 0.25) is 5.02 Å². The van der Waals surface area contributed by atoms with Crippen LogP contribution >= 0.6 is 11.6 Å². The minimum Gasteiger partial charge on any atom is -0.348 e. The summed E-state index contributed by atoms with van der Waals surface area (Å²) in [5.74, 6) is -0.381. The average molecular weight is 381 g/mol. The molecule has 0 aliphatic heterocycles. The molecular weight excluding hydrogens is 360 g/mol.